The van der Waals surface area contributed by atoms with Crippen molar-refractivity contribution in [2.75, 3.05) is 10.7 Å². The molecule has 7 heteroatoms. The summed E-state index contributed by atoms with van der Waals surface area (Å²) >= 11 is 0. The van der Waals surface area contributed by atoms with E-state index < -0.39 is 0 Å². The van der Waals surface area contributed by atoms with Crippen molar-refractivity contribution in [3.8, 4) is 0 Å². The van der Waals surface area contributed by atoms with Crippen LogP contribution in [0.15, 0.2) is 16.9 Å². The van der Waals surface area contributed by atoms with Gasteiger partial charge in [-0.1, -0.05) is 5.16 Å². The van der Waals surface area contributed by atoms with Crippen LogP contribution in [-0.2, 0) is 6.54 Å². The van der Waals surface area contributed by atoms with E-state index in [1.807, 2.05) is 13.8 Å². The number of nitrogens with two attached hydrogens (primary N) is 1. The number of aromatic nitrogens is 3. The topological polar surface area (TPSA) is 102 Å². The van der Waals surface area contributed by atoms with Crippen LogP contribution in [-0.4, -0.2) is 15.1 Å². The van der Waals surface area contributed by atoms with Gasteiger partial charge in [-0.15, -0.1) is 0 Å². The Morgan fingerprint density at radius 3 is 2.71 bits per heavy atom. The Hall–Kier alpha value is -2.15. The van der Waals surface area contributed by atoms with Crippen LogP contribution in [0, 0.1) is 13.8 Å². The van der Waals surface area contributed by atoms with Gasteiger partial charge in [-0.2, -0.15) is 0 Å². The monoisotopic (exact) mass is 234 g/mol. The average Bonchev–Trinajstić information content (AvgIpc) is 2.67. The van der Waals surface area contributed by atoms with Crippen LogP contribution in [0.2, 0.25) is 0 Å². The van der Waals surface area contributed by atoms with E-state index in [0.717, 1.165) is 17.0 Å². The highest BCUT2D eigenvalue weighted by atomic mass is 16.5. The van der Waals surface area contributed by atoms with Crippen molar-refractivity contribution in [1.82, 2.24) is 15.1 Å². The van der Waals surface area contributed by atoms with Gasteiger partial charge in [0.25, 0.3) is 0 Å². The highest BCUT2D eigenvalue weighted by molar-refractivity contribution is 5.41. The zero-order chi connectivity index (χ0) is 12.3. The summed E-state index contributed by atoms with van der Waals surface area (Å²) < 4.78 is 5.07. The predicted molar refractivity (Wildman–Crippen MR) is 63.1 cm³/mol. The highest BCUT2D eigenvalue weighted by Gasteiger charge is 2.08. The number of hydrogen-bond donors (Lipinski definition) is 3. The second-order valence-electron chi connectivity index (χ2n) is 3.59. The molecule has 0 aromatic carbocycles. The molecular weight excluding hydrogens is 220 g/mol. The molecule has 0 bridgehead atoms. The Kier molecular flexibility index (Phi) is 3.20. The van der Waals surface area contributed by atoms with E-state index in [9.17, 15) is 0 Å². The fourth-order valence-corrected chi connectivity index (χ4v) is 1.45. The number of nitrogens with one attached hydrogen (secondary N) is 2. The average molecular weight is 234 g/mol. The fourth-order valence-electron chi connectivity index (χ4n) is 1.45. The predicted octanol–water partition coefficient (Wildman–Crippen LogP) is 0.979. The normalized spacial score (nSPS) is 10.3. The van der Waals surface area contributed by atoms with E-state index in [0.29, 0.717) is 18.2 Å². The molecule has 0 saturated heterocycles. The van der Waals surface area contributed by atoms with Crippen molar-refractivity contribution in [2.24, 2.45) is 5.84 Å². The summed E-state index contributed by atoms with van der Waals surface area (Å²) in [6.07, 6.45) is 3.17. The second kappa shape index (κ2) is 4.79. The minimum absolute atomic E-state index is 0.508. The molecule has 0 fully saturated rings. The molecule has 0 unspecified atom stereocenters. The van der Waals surface area contributed by atoms with Gasteiger partial charge in [0.05, 0.1) is 18.1 Å². The lowest BCUT2D eigenvalue weighted by molar-refractivity contribution is 0.392. The van der Waals surface area contributed by atoms with Crippen molar-refractivity contribution in [2.45, 2.75) is 20.4 Å². The van der Waals surface area contributed by atoms with Crippen molar-refractivity contribution < 1.29 is 4.52 Å². The van der Waals surface area contributed by atoms with Crippen molar-refractivity contribution in [3.05, 3.63) is 29.4 Å². The fraction of sp³-hybridized carbons (Fsp3) is 0.300. The maximum absolute atomic E-state index is 5.25. The number of hydrogen-bond acceptors (Lipinski definition) is 7. The van der Waals surface area contributed by atoms with Gasteiger partial charge < -0.3 is 15.3 Å². The van der Waals surface area contributed by atoms with Crippen LogP contribution in [0.3, 0.4) is 0 Å². The van der Waals surface area contributed by atoms with Gasteiger partial charge in [0.1, 0.15) is 11.6 Å². The third kappa shape index (κ3) is 2.51. The standard InChI is InChI=1S/C10H14N6O/c1-6-8(7(2)17-16-6)3-13-9-4-12-5-10(14-9)15-11/h4-5H,3,11H2,1-2H3,(H2,13,14,15). The van der Waals surface area contributed by atoms with Gasteiger partial charge in [-0.25, -0.2) is 10.8 Å². The number of nitrogens with zero attached hydrogens (tertiary/aromatic N) is 3. The lowest BCUT2D eigenvalue weighted by atomic mass is 10.2. The number of hydrazine groups is 1. The lowest BCUT2D eigenvalue weighted by Gasteiger charge is -2.06. The molecule has 0 aliphatic carbocycles. The summed E-state index contributed by atoms with van der Waals surface area (Å²) in [6.45, 7) is 4.36. The van der Waals surface area contributed by atoms with E-state index in [1.54, 1.807) is 12.4 Å². The van der Waals surface area contributed by atoms with E-state index in [1.165, 1.54) is 0 Å². The minimum Gasteiger partial charge on any atom is -0.364 e. The second-order valence-corrected chi connectivity index (χ2v) is 3.59. The highest BCUT2D eigenvalue weighted by Crippen LogP contribution is 2.14. The Labute approximate surface area is 98.4 Å². The molecule has 0 amide bonds. The van der Waals surface area contributed by atoms with Gasteiger partial charge in [0, 0.05) is 12.1 Å². The SMILES string of the molecule is Cc1noc(C)c1CNc1cncc(NN)n1. The molecular formula is C10H14N6O. The largest absolute Gasteiger partial charge is 0.364 e. The van der Waals surface area contributed by atoms with Gasteiger partial charge >= 0.3 is 0 Å². The zero-order valence-electron chi connectivity index (χ0n) is 9.69. The van der Waals surface area contributed by atoms with Crippen LogP contribution in [0.25, 0.3) is 0 Å². The molecule has 4 N–H and O–H groups in total. The van der Waals surface area contributed by atoms with Crippen LogP contribution in [0.1, 0.15) is 17.0 Å². The first-order valence-electron chi connectivity index (χ1n) is 5.15. The van der Waals surface area contributed by atoms with Crippen molar-refractivity contribution in [3.63, 3.8) is 0 Å². The van der Waals surface area contributed by atoms with Gasteiger partial charge in [0.15, 0.2) is 5.82 Å². The van der Waals surface area contributed by atoms with E-state index in [2.05, 4.69) is 25.9 Å². The molecule has 2 heterocycles. The molecule has 2 aromatic heterocycles. The summed E-state index contributed by atoms with van der Waals surface area (Å²) in [5.41, 5.74) is 4.34. The summed E-state index contributed by atoms with van der Waals surface area (Å²) in [5.74, 6) is 7.20. The third-order valence-electron chi connectivity index (χ3n) is 2.41. The number of aryl methyl sites for hydroxylation is 2. The maximum Gasteiger partial charge on any atom is 0.160 e. The number of anilines is 2. The van der Waals surface area contributed by atoms with E-state index >= 15 is 0 Å². The molecule has 0 aliphatic rings. The molecule has 90 valence electrons. The minimum atomic E-state index is 0.508. The molecule has 17 heavy (non-hydrogen) atoms. The lowest BCUT2D eigenvalue weighted by Crippen LogP contribution is -2.10. The van der Waals surface area contributed by atoms with Crippen LogP contribution >= 0.6 is 0 Å². The smallest absolute Gasteiger partial charge is 0.160 e. The summed E-state index contributed by atoms with van der Waals surface area (Å²) in [7, 11) is 0. The molecule has 0 aliphatic heterocycles. The quantitative estimate of drug-likeness (QED) is 0.535. The Morgan fingerprint density at radius 2 is 2.06 bits per heavy atom. The zero-order valence-corrected chi connectivity index (χ0v) is 9.69. The molecule has 0 radical (unpaired) electrons. The first kappa shape index (κ1) is 11.3. The molecule has 2 aromatic rings. The molecule has 2 rings (SSSR count). The van der Waals surface area contributed by atoms with Gasteiger partial charge in [0.2, 0.25) is 0 Å². The Morgan fingerprint density at radius 1 is 1.29 bits per heavy atom. The molecule has 0 atom stereocenters. The molecule has 0 saturated carbocycles. The summed E-state index contributed by atoms with van der Waals surface area (Å²) in [6, 6.07) is 0. The van der Waals surface area contributed by atoms with Crippen LogP contribution in [0.4, 0.5) is 11.6 Å². The first-order valence-corrected chi connectivity index (χ1v) is 5.15. The van der Waals surface area contributed by atoms with Gasteiger partial charge in [-0.05, 0) is 13.8 Å². The van der Waals surface area contributed by atoms with Crippen LogP contribution in [0.5, 0.6) is 0 Å². The van der Waals surface area contributed by atoms with Crippen molar-refractivity contribution in [1.29, 1.82) is 0 Å². The van der Waals surface area contributed by atoms with Crippen molar-refractivity contribution >= 4 is 11.6 Å². The first-order chi connectivity index (χ1) is 8.20. The third-order valence-corrected chi connectivity index (χ3v) is 2.41. The summed E-state index contributed by atoms with van der Waals surface area (Å²) in [5, 5.41) is 7.01. The van der Waals surface area contributed by atoms with E-state index in [4.69, 9.17) is 10.4 Å². The number of rotatable bonds is 4. The maximum atomic E-state index is 5.25. The van der Waals surface area contributed by atoms with Gasteiger partial charge in [-0.3, -0.25) is 4.98 Å². The number of nitrogen functional groups attached to an aromatic ring is 1. The van der Waals surface area contributed by atoms with E-state index in [-0.39, 0.29) is 0 Å². The van der Waals surface area contributed by atoms with Crippen LogP contribution < -0.4 is 16.6 Å². The molecule has 0 spiro atoms. The molecule has 7 nitrogen and oxygen atoms in total. The Balaban J connectivity index is 2.07. The summed E-state index contributed by atoms with van der Waals surface area (Å²) in [4.78, 5) is 8.18. The Bertz CT molecular complexity index is 490.